The highest BCUT2D eigenvalue weighted by Crippen LogP contribution is 2.43. The fraction of sp³-hybridized carbons (Fsp3) is 0.789. The lowest BCUT2D eigenvalue weighted by Crippen LogP contribution is -2.44. The van der Waals surface area contributed by atoms with Gasteiger partial charge in [-0.2, -0.15) is 0 Å². The first-order valence-corrected chi connectivity index (χ1v) is 10.6. The minimum absolute atomic E-state index is 0.277. The van der Waals surface area contributed by atoms with Gasteiger partial charge in [0.25, 0.3) is 0 Å². The van der Waals surface area contributed by atoms with Crippen LogP contribution in [0.1, 0.15) is 80.6 Å². The van der Waals surface area contributed by atoms with Crippen molar-refractivity contribution < 1.29 is 0 Å². The second-order valence-electron chi connectivity index (χ2n) is 6.84. The molecule has 0 N–H and O–H groups in total. The van der Waals surface area contributed by atoms with Crippen molar-refractivity contribution in [2.45, 2.75) is 91.7 Å². The quantitative estimate of drug-likeness (QED) is 0.418. The molecule has 0 radical (unpaired) electrons. The van der Waals surface area contributed by atoms with Gasteiger partial charge in [-0.15, -0.1) is 22.9 Å². The average Bonchev–Trinajstić information content (AvgIpc) is 2.38. The van der Waals surface area contributed by atoms with Crippen molar-refractivity contribution in [3.8, 4) is 22.9 Å². The third-order valence-corrected chi connectivity index (χ3v) is 9.41. The molecule has 0 heterocycles. The fourth-order valence-corrected chi connectivity index (χ4v) is 6.52. The van der Waals surface area contributed by atoms with E-state index in [0.717, 1.165) is 25.7 Å². The van der Waals surface area contributed by atoms with Crippen LogP contribution in [0.4, 0.5) is 0 Å². The summed E-state index contributed by atoms with van der Waals surface area (Å²) in [5.41, 5.74) is 7.46. The SMILES string of the molecule is CCCC#C[Si](C#CCCC)(CC(C)C)C(C)(C)CC. The first kappa shape index (κ1) is 19.3. The van der Waals surface area contributed by atoms with Crippen LogP contribution < -0.4 is 0 Å². The van der Waals surface area contributed by atoms with Crippen LogP contribution >= 0.6 is 0 Å². The molecule has 0 saturated carbocycles. The van der Waals surface area contributed by atoms with Crippen LogP contribution in [0.25, 0.3) is 0 Å². The highest BCUT2D eigenvalue weighted by Gasteiger charge is 2.45. The predicted octanol–water partition coefficient (Wildman–Crippen LogP) is 5.97. The van der Waals surface area contributed by atoms with Gasteiger partial charge in [0.2, 0.25) is 8.07 Å². The van der Waals surface area contributed by atoms with Gasteiger partial charge < -0.3 is 0 Å². The molecule has 0 aliphatic rings. The van der Waals surface area contributed by atoms with E-state index in [9.17, 15) is 0 Å². The third kappa shape index (κ3) is 5.76. The Morgan fingerprint density at radius 1 is 0.900 bits per heavy atom. The maximum absolute atomic E-state index is 3.73. The van der Waals surface area contributed by atoms with Gasteiger partial charge in [-0.1, -0.05) is 54.9 Å². The molecule has 0 aliphatic heterocycles. The molecule has 0 amide bonds. The maximum atomic E-state index is 3.73. The van der Waals surface area contributed by atoms with Crippen LogP contribution in [-0.2, 0) is 0 Å². The van der Waals surface area contributed by atoms with E-state index in [-0.39, 0.29) is 5.04 Å². The monoisotopic (exact) mass is 290 g/mol. The highest BCUT2D eigenvalue weighted by atomic mass is 28.3. The fourth-order valence-electron chi connectivity index (χ4n) is 2.34. The van der Waals surface area contributed by atoms with E-state index in [1.165, 1.54) is 12.5 Å². The minimum Gasteiger partial charge on any atom is -0.115 e. The summed E-state index contributed by atoms with van der Waals surface area (Å²) in [6, 6.07) is 1.21. The first-order valence-electron chi connectivity index (χ1n) is 8.35. The topological polar surface area (TPSA) is 0 Å². The maximum Gasteiger partial charge on any atom is 0.222 e. The van der Waals surface area contributed by atoms with Gasteiger partial charge in [-0.05, 0) is 29.8 Å². The van der Waals surface area contributed by atoms with E-state index in [4.69, 9.17) is 0 Å². The van der Waals surface area contributed by atoms with Gasteiger partial charge in [-0.3, -0.25) is 0 Å². The van der Waals surface area contributed by atoms with E-state index in [0.29, 0.717) is 5.92 Å². The standard InChI is InChI=1S/C19H34Si/c1-8-11-13-15-20(17-18(4)5,16-14-12-9-2)19(6,7)10-3/h18H,8-12,17H2,1-7H3. The molecule has 0 saturated heterocycles. The van der Waals surface area contributed by atoms with E-state index in [1.807, 2.05) is 0 Å². The molecule has 0 bridgehead atoms. The Labute approximate surface area is 129 Å². The molecule has 1 heteroatoms. The zero-order valence-electron chi connectivity index (χ0n) is 14.8. The molecule has 0 aromatic carbocycles. The molecule has 0 nitrogen and oxygen atoms in total. The summed E-state index contributed by atoms with van der Waals surface area (Å²) in [6.45, 7) is 16.1. The third-order valence-electron chi connectivity index (χ3n) is 4.11. The smallest absolute Gasteiger partial charge is 0.115 e. The summed E-state index contributed by atoms with van der Waals surface area (Å²) in [4.78, 5) is 0. The summed E-state index contributed by atoms with van der Waals surface area (Å²) in [5.74, 6) is 7.60. The lowest BCUT2D eigenvalue weighted by atomic mass is 10.1. The first-order chi connectivity index (χ1) is 9.35. The van der Waals surface area contributed by atoms with E-state index in [1.54, 1.807) is 0 Å². The summed E-state index contributed by atoms with van der Waals surface area (Å²) < 4.78 is 0. The van der Waals surface area contributed by atoms with Gasteiger partial charge in [0.1, 0.15) is 0 Å². The molecule has 0 spiro atoms. The van der Waals surface area contributed by atoms with E-state index < -0.39 is 8.07 Å². The Morgan fingerprint density at radius 3 is 1.65 bits per heavy atom. The Hall–Kier alpha value is -0.663. The Balaban J connectivity index is 5.67. The van der Waals surface area contributed by atoms with Crippen LogP contribution in [0.15, 0.2) is 0 Å². The Bertz CT molecular complexity index is 357. The minimum atomic E-state index is -1.88. The zero-order chi connectivity index (χ0) is 15.6. The van der Waals surface area contributed by atoms with Crippen LogP contribution in [0.5, 0.6) is 0 Å². The second-order valence-corrected chi connectivity index (χ2v) is 10.9. The van der Waals surface area contributed by atoms with Crippen molar-refractivity contribution >= 4 is 8.07 Å². The van der Waals surface area contributed by atoms with Crippen molar-refractivity contribution in [2.75, 3.05) is 0 Å². The number of hydrogen-bond donors (Lipinski definition) is 0. The lowest BCUT2D eigenvalue weighted by molar-refractivity contribution is 0.605. The van der Waals surface area contributed by atoms with Crippen molar-refractivity contribution in [1.29, 1.82) is 0 Å². The second kappa shape index (κ2) is 9.31. The lowest BCUT2D eigenvalue weighted by Gasteiger charge is -2.38. The molecule has 20 heavy (non-hydrogen) atoms. The summed E-state index contributed by atoms with van der Waals surface area (Å²) in [6.07, 6.45) is 5.50. The molecule has 0 unspecified atom stereocenters. The number of unbranched alkanes of at least 4 members (excludes halogenated alkanes) is 2. The molecule has 0 aromatic heterocycles. The van der Waals surface area contributed by atoms with Crippen LogP contribution in [0, 0.1) is 28.8 Å². The Morgan fingerprint density at radius 2 is 1.35 bits per heavy atom. The van der Waals surface area contributed by atoms with E-state index in [2.05, 4.69) is 71.4 Å². The molecule has 114 valence electrons. The number of hydrogen-bond acceptors (Lipinski definition) is 0. The van der Waals surface area contributed by atoms with Gasteiger partial charge in [0.15, 0.2) is 0 Å². The summed E-state index contributed by atoms with van der Waals surface area (Å²) >= 11 is 0. The molecule has 0 rings (SSSR count). The zero-order valence-corrected chi connectivity index (χ0v) is 15.8. The van der Waals surface area contributed by atoms with Crippen LogP contribution in [0.3, 0.4) is 0 Å². The summed E-state index contributed by atoms with van der Waals surface area (Å²) in [7, 11) is -1.88. The van der Waals surface area contributed by atoms with Crippen molar-refractivity contribution in [3.63, 3.8) is 0 Å². The largest absolute Gasteiger partial charge is 0.222 e. The van der Waals surface area contributed by atoms with E-state index >= 15 is 0 Å². The van der Waals surface area contributed by atoms with Gasteiger partial charge in [-0.25, -0.2) is 0 Å². The van der Waals surface area contributed by atoms with Crippen molar-refractivity contribution in [1.82, 2.24) is 0 Å². The summed E-state index contributed by atoms with van der Waals surface area (Å²) in [5, 5.41) is 0.277. The van der Waals surface area contributed by atoms with Crippen LogP contribution in [0.2, 0.25) is 11.1 Å². The van der Waals surface area contributed by atoms with Gasteiger partial charge >= 0.3 is 0 Å². The average molecular weight is 291 g/mol. The molecule has 0 aliphatic carbocycles. The molecular weight excluding hydrogens is 256 g/mol. The molecule has 0 atom stereocenters. The Kier molecular flexibility index (Phi) is 9.00. The van der Waals surface area contributed by atoms with Gasteiger partial charge in [0.05, 0.1) is 0 Å². The molecular formula is C19H34Si. The van der Waals surface area contributed by atoms with Gasteiger partial charge in [0, 0.05) is 12.8 Å². The molecule has 0 aromatic rings. The van der Waals surface area contributed by atoms with Crippen LogP contribution in [-0.4, -0.2) is 8.07 Å². The highest BCUT2D eigenvalue weighted by molar-refractivity contribution is 6.96. The molecule has 0 fully saturated rings. The predicted molar refractivity (Wildman–Crippen MR) is 95.1 cm³/mol. The number of rotatable bonds is 6. The normalized spacial score (nSPS) is 11.6. The van der Waals surface area contributed by atoms with Crippen molar-refractivity contribution in [3.05, 3.63) is 0 Å². The van der Waals surface area contributed by atoms with Crippen molar-refractivity contribution in [2.24, 2.45) is 5.92 Å².